The van der Waals surface area contributed by atoms with Crippen LogP contribution in [0.15, 0.2) is 30.7 Å². The van der Waals surface area contributed by atoms with E-state index in [1.54, 1.807) is 17.1 Å². The van der Waals surface area contributed by atoms with Crippen molar-refractivity contribution in [3.8, 4) is 0 Å². The van der Waals surface area contributed by atoms with Crippen LogP contribution in [0.4, 0.5) is 5.82 Å². The molecule has 2 aromatic heterocycles. The fourth-order valence-corrected chi connectivity index (χ4v) is 2.61. The van der Waals surface area contributed by atoms with Crippen LogP contribution in [0.25, 0.3) is 0 Å². The first-order valence-corrected chi connectivity index (χ1v) is 7.67. The number of amides is 1. The molecule has 1 amide bonds. The van der Waals surface area contributed by atoms with Crippen LogP contribution in [0.2, 0.25) is 0 Å². The van der Waals surface area contributed by atoms with Crippen LogP contribution in [0.3, 0.4) is 0 Å². The molecule has 1 fully saturated rings. The molecule has 0 unspecified atom stereocenters. The summed E-state index contributed by atoms with van der Waals surface area (Å²) in [6.45, 7) is 3.21. The van der Waals surface area contributed by atoms with Gasteiger partial charge in [-0.05, 0) is 31.4 Å². The lowest BCUT2D eigenvalue weighted by molar-refractivity contribution is 0.0793. The number of nitrogens with zero attached hydrogens (tertiary/aromatic N) is 5. The zero-order valence-electron chi connectivity index (χ0n) is 12.5. The van der Waals surface area contributed by atoms with E-state index in [0.717, 1.165) is 45.4 Å². The minimum absolute atomic E-state index is 0.0735. The third-order valence-corrected chi connectivity index (χ3v) is 3.76. The molecule has 0 radical (unpaired) electrons. The summed E-state index contributed by atoms with van der Waals surface area (Å²) in [5.74, 6) is 0.738. The van der Waals surface area contributed by atoms with E-state index in [-0.39, 0.29) is 5.91 Å². The number of aryl methyl sites for hydroxylation is 1. The van der Waals surface area contributed by atoms with Crippen LogP contribution in [0, 0.1) is 0 Å². The second-order valence-corrected chi connectivity index (χ2v) is 5.35. The fourth-order valence-electron chi connectivity index (χ4n) is 2.61. The first-order valence-electron chi connectivity index (χ1n) is 7.67. The minimum atomic E-state index is 0.0735. The first-order chi connectivity index (χ1) is 10.8. The number of pyridine rings is 1. The highest BCUT2D eigenvalue weighted by atomic mass is 16.2. The molecule has 7 heteroatoms. The van der Waals surface area contributed by atoms with E-state index in [0.29, 0.717) is 11.4 Å². The van der Waals surface area contributed by atoms with Gasteiger partial charge in [0.25, 0.3) is 5.91 Å². The van der Waals surface area contributed by atoms with E-state index < -0.39 is 0 Å². The highest BCUT2D eigenvalue weighted by Gasteiger charge is 2.22. The van der Waals surface area contributed by atoms with Gasteiger partial charge in [-0.3, -0.25) is 9.48 Å². The maximum Gasteiger partial charge on any atom is 0.257 e. The van der Waals surface area contributed by atoms with Crippen molar-refractivity contribution in [3.63, 3.8) is 0 Å². The van der Waals surface area contributed by atoms with Gasteiger partial charge in [-0.25, -0.2) is 4.98 Å². The normalized spacial score (nSPS) is 14.3. The summed E-state index contributed by atoms with van der Waals surface area (Å²) in [5.41, 5.74) is 0.658. The lowest BCUT2D eigenvalue weighted by atomic mass is 10.2. The number of nitrogens with one attached hydrogen (secondary N) is 1. The maximum atomic E-state index is 12.5. The first kappa shape index (κ1) is 14.5. The van der Waals surface area contributed by atoms with Crippen molar-refractivity contribution in [2.75, 3.05) is 25.0 Å². The largest absolute Gasteiger partial charge is 0.369 e. The Labute approximate surface area is 129 Å². The van der Waals surface area contributed by atoms with Gasteiger partial charge in [0.15, 0.2) is 0 Å². The molecule has 3 rings (SSSR count). The highest BCUT2D eigenvalue weighted by molar-refractivity contribution is 5.98. The number of likely N-dealkylation sites (tertiary alicyclic amines) is 1. The van der Waals surface area contributed by atoms with Gasteiger partial charge in [0.2, 0.25) is 0 Å². The molecule has 0 aromatic carbocycles. The zero-order chi connectivity index (χ0) is 15.2. The van der Waals surface area contributed by atoms with Gasteiger partial charge in [-0.2, -0.15) is 0 Å². The Morgan fingerprint density at radius 1 is 1.27 bits per heavy atom. The lowest BCUT2D eigenvalue weighted by Crippen LogP contribution is -2.28. The summed E-state index contributed by atoms with van der Waals surface area (Å²) in [4.78, 5) is 18.7. The molecule has 1 aliphatic heterocycles. The molecule has 0 saturated carbocycles. The third-order valence-electron chi connectivity index (χ3n) is 3.76. The fraction of sp³-hybridized carbons (Fsp3) is 0.467. The molecule has 2 aromatic rings. The Balaban J connectivity index is 1.57. The summed E-state index contributed by atoms with van der Waals surface area (Å²) in [6, 6.07) is 3.65. The van der Waals surface area contributed by atoms with E-state index in [9.17, 15) is 4.79 Å². The SMILES string of the molecule is O=C(c1cccnc1NCCCn1ccnn1)N1CCCC1. The smallest absolute Gasteiger partial charge is 0.257 e. The Bertz CT molecular complexity index is 606. The maximum absolute atomic E-state index is 12.5. The number of anilines is 1. The molecular formula is C15H20N6O. The molecule has 1 N–H and O–H groups in total. The second-order valence-electron chi connectivity index (χ2n) is 5.35. The van der Waals surface area contributed by atoms with Crippen molar-refractivity contribution in [1.29, 1.82) is 0 Å². The molecule has 0 atom stereocenters. The van der Waals surface area contributed by atoms with Gasteiger partial charge in [-0.1, -0.05) is 5.21 Å². The number of aromatic nitrogens is 4. The number of carbonyl (C=O) groups excluding carboxylic acids is 1. The van der Waals surface area contributed by atoms with Crippen molar-refractivity contribution >= 4 is 11.7 Å². The summed E-state index contributed by atoms with van der Waals surface area (Å²) < 4.78 is 1.79. The molecular weight excluding hydrogens is 280 g/mol. The zero-order valence-corrected chi connectivity index (χ0v) is 12.5. The van der Waals surface area contributed by atoms with Gasteiger partial charge in [0.05, 0.1) is 11.8 Å². The molecule has 22 heavy (non-hydrogen) atoms. The highest BCUT2D eigenvalue weighted by Crippen LogP contribution is 2.18. The predicted octanol–water partition coefficient (Wildman–Crippen LogP) is 1.41. The topological polar surface area (TPSA) is 75.9 Å². The predicted molar refractivity (Wildman–Crippen MR) is 82.5 cm³/mol. The second kappa shape index (κ2) is 7.02. The van der Waals surface area contributed by atoms with Crippen molar-refractivity contribution in [2.24, 2.45) is 0 Å². The molecule has 0 bridgehead atoms. The lowest BCUT2D eigenvalue weighted by Gasteiger charge is -2.17. The van der Waals surface area contributed by atoms with Crippen LogP contribution in [0.5, 0.6) is 0 Å². The van der Waals surface area contributed by atoms with E-state index in [4.69, 9.17) is 0 Å². The average Bonchev–Trinajstić information content (AvgIpc) is 3.24. The van der Waals surface area contributed by atoms with Gasteiger partial charge < -0.3 is 10.2 Å². The molecule has 0 spiro atoms. The van der Waals surface area contributed by atoms with Crippen LogP contribution < -0.4 is 5.32 Å². The number of rotatable bonds is 6. The average molecular weight is 300 g/mol. The summed E-state index contributed by atoms with van der Waals surface area (Å²) in [7, 11) is 0. The van der Waals surface area contributed by atoms with Gasteiger partial charge in [0, 0.05) is 38.6 Å². The summed E-state index contributed by atoms with van der Waals surface area (Å²) in [6.07, 6.45) is 8.28. The molecule has 1 saturated heterocycles. The Morgan fingerprint density at radius 3 is 2.91 bits per heavy atom. The minimum Gasteiger partial charge on any atom is -0.369 e. The van der Waals surface area contributed by atoms with Gasteiger partial charge in [0.1, 0.15) is 5.82 Å². The standard InChI is InChI=1S/C15H20N6O/c22-15(20-9-1-2-10-20)13-5-3-6-16-14(13)17-7-4-11-21-12-8-18-19-21/h3,5-6,8,12H,1-2,4,7,9-11H2,(H,16,17). The summed E-state index contributed by atoms with van der Waals surface area (Å²) >= 11 is 0. The monoisotopic (exact) mass is 300 g/mol. The number of carbonyl (C=O) groups is 1. The molecule has 116 valence electrons. The summed E-state index contributed by atoms with van der Waals surface area (Å²) in [5, 5.41) is 11.0. The molecule has 7 nitrogen and oxygen atoms in total. The van der Waals surface area contributed by atoms with Crippen LogP contribution in [-0.4, -0.2) is 50.4 Å². The van der Waals surface area contributed by atoms with Crippen molar-refractivity contribution in [2.45, 2.75) is 25.8 Å². The molecule has 1 aliphatic rings. The van der Waals surface area contributed by atoms with Crippen LogP contribution in [-0.2, 0) is 6.54 Å². The molecule has 0 aliphatic carbocycles. The van der Waals surface area contributed by atoms with Gasteiger partial charge in [-0.15, -0.1) is 5.10 Å². The van der Waals surface area contributed by atoms with Crippen molar-refractivity contribution in [1.82, 2.24) is 24.9 Å². The van der Waals surface area contributed by atoms with Crippen molar-refractivity contribution in [3.05, 3.63) is 36.3 Å². The van der Waals surface area contributed by atoms with Crippen molar-refractivity contribution < 1.29 is 4.79 Å². The Morgan fingerprint density at radius 2 is 2.14 bits per heavy atom. The number of hydrogen-bond acceptors (Lipinski definition) is 5. The number of hydrogen-bond donors (Lipinski definition) is 1. The Kier molecular flexibility index (Phi) is 4.62. The van der Waals surface area contributed by atoms with E-state index in [1.807, 2.05) is 23.2 Å². The van der Waals surface area contributed by atoms with E-state index in [2.05, 4.69) is 20.6 Å². The quantitative estimate of drug-likeness (QED) is 0.816. The van der Waals surface area contributed by atoms with E-state index in [1.165, 1.54) is 0 Å². The Hall–Kier alpha value is -2.44. The van der Waals surface area contributed by atoms with E-state index >= 15 is 0 Å². The molecule has 3 heterocycles. The van der Waals surface area contributed by atoms with Crippen LogP contribution in [0.1, 0.15) is 29.6 Å². The third kappa shape index (κ3) is 3.41. The van der Waals surface area contributed by atoms with Crippen LogP contribution >= 0.6 is 0 Å². The van der Waals surface area contributed by atoms with Gasteiger partial charge >= 0.3 is 0 Å².